The number of benzene rings is 2. The van der Waals surface area contributed by atoms with Gasteiger partial charge in [-0.25, -0.2) is 14.6 Å². The molecule has 0 aliphatic heterocycles. The second-order valence-corrected chi connectivity index (χ2v) is 7.63. The molecule has 4 rings (SSSR count). The summed E-state index contributed by atoms with van der Waals surface area (Å²) >= 11 is 3.33. The van der Waals surface area contributed by atoms with Gasteiger partial charge in [0.05, 0.1) is 12.8 Å². The van der Waals surface area contributed by atoms with Gasteiger partial charge >= 0.3 is 5.69 Å². The number of anilines is 1. The summed E-state index contributed by atoms with van der Waals surface area (Å²) in [6.07, 6.45) is 1.39. The van der Waals surface area contributed by atoms with Crippen LogP contribution in [0.4, 0.5) is 10.3 Å². The Balaban J connectivity index is 1.78. The van der Waals surface area contributed by atoms with Gasteiger partial charge in [0, 0.05) is 17.1 Å². The Bertz CT molecular complexity index is 1420. The molecular weight excluding hydrogens is 471 g/mol. The molecule has 31 heavy (non-hydrogen) atoms. The SMILES string of the molecule is Cn1c(=O)[nH]c(=O)c2c1nc(NN=Cc1cc(Br)ccc1O)n2Cc1ccc(F)cc1. The first-order chi connectivity index (χ1) is 14.8. The van der Waals surface area contributed by atoms with Crippen molar-refractivity contribution >= 4 is 39.3 Å². The van der Waals surface area contributed by atoms with E-state index in [1.165, 1.54) is 36.0 Å². The average Bonchev–Trinajstić information content (AvgIpc) is 3.09. The molecule has 0 aliphatic rings. The number of H-pyrrole nitrogens is 1. The number of phenolic OH excluding ortho intramolecular Hbond substituents is 1. The maximum Gasteiger partial charge on any atom is 0.329 e. The van der Waals surface area contributed by atoms with Crippen LogP contribution in [0.5, 0.6) is 5.75 Å². The highest BCUT2D eigenvalue weighted by atomic mass is 79.9. The lowest BCUT2D eigenvalue weighted by Gasteiger charge is -2.08. The number of phenols is 1. The minimum absolute atomic E-state index is 0.0346. The molecule has 158 valence electrons. The van der Waals surface area contributed by atoms with Crippen LogP contribution in [-0.2, 0) is 13.6 Å². The molecule has 0 saturated heterocycles. The monoisotopic (exact) mass is 486 g/mol. The number of aromatic amines is 1. The summed E-state index contributed by atoms with van der Waals surface area (Å²) in [5.74, 6) is -0.152. The van der Waals surface area contributed by atoms with Gasteiger partial charge in [0.2, 0.25) is 5.95 Å². The Morgan fingerprint density at radius 2 is 2.00 bits per heavy atom. The summed E-state index contributed by atoms with van der Waals surface area (Å²) in [6, 6.07) is 10.7. The summed E-state index contributed by atoms with van der Waals surface area (Å²) in [5.41, 5.74) is 3.05. The fourth-order valence-corrected chi connectivity index (χ4v) is 3.41. The van der Waals surface area contributed by atoms with E-state index in [0.717, 1.165) is 4.47 Å². The predicted molar refractivity (Wildman–Crippen MR) is 118 cm³/mol. The van der Waals surface area contributed by atoms with Crippen molar-refractivity contribution in [2.24, 2.45) is 12.1 Å². The molecular formula is C20H16BrFN6O3. The van der Waals surface area contributed by atoms with E-state index in [1.807, 2.05) is 0 Å². The number of hydrogen-bond donors (Lipinski definition) is 3. The van der Waals surface area contributed by atoms with E-state index in [4.69, 9.17) is 0 Å². The average molecular weight is 487 g/mol. The highest BCUT2D eigenvalue weighted by Crippen LogP contribution is 2.21. The fraction of sp³-hybridized carbons (Fsp3) is 0.100. The fourth-order valence-electron chi connectivity index (χ4n) is 3.03. The summed E-state index contributed by atoms with van der Waals surface area (Å²) in [6.45, 7) is 0.179. The van der Waals surface area contributed by atoms with Gasteiger partial charge < -0.3 is 5.11 Å². The van der Waals surface area contributed by atoms with Crippen LogP contribution in [0.25, 0.3) is 11.2 Å². The van der Waals surface area contributed by atoms with Crippen molar-refractivity contribution in [3.05, 3.63) is 84.7 Å². The minimum atomic E-state index is -0.602. The molecule has 3 N–H and O–H groups in total. The van der Waals surface area contributed by atoms with E-state index in [2.05, 4.69) is 36.4 Å². The first-order valence-electron chi connectivity index (χ1n) is 9.05. The molecule has 4 aromatic rings. The topological polar surface area (TPSA) is 117 Å². The molecule has 2 aromatic heterocycles. The van der Waals surface area contributed by atoms with E-state index in [0.29, 0.717) is 11.1 Å². The Labute approximate surface area is 182 Å². The highest BCUT2D eigenvalue weighted by Gasteiger charge is 2.17. The molecule has 0 fully saturated rings. The molecule has 0 saturated carbocycles. The Hall–Kier alpha value is -3.73. The summed E-state index contributed by atoms with van der Waals surface area (Å²) in [5, 5.41) is 14.1. The van der Waals surface area contributed by atoms with Gasteiger partial charge in [-0.05, 0) is 35.9 Å². The second kappa shape index (κ2) is 8.19. The molecule has 0 bridgehead atoms. The maximum atomic E-state index is 13.3. The number of fused-ring (bicyclic) bond motifs is 1. The van der Waals surface area contributed by atoms with E-state index in [1.54, 1.807) is 28.8 Å². The second-order valence-electron chi connectivity index (χ2n) is 6.71. The summed E-state index contributed by atoms with van der Waals surface area (Å²) < 4.78 is 16.8. The molecule has 0 spiro atoms. The van der Waals surface area contributed by atoms with Gasteiger partial charge in [-0.3, -0.25) is 18.9 Å². The van der Waals surface area contributed by atoms with Gasteiger partial charge in [-0.1, -0.05) is 28.1 Å². The Morgan fingerprint density at radius 3 is 2.74 bits per heavy atom. The van der Waals surface area contributed by atoms with Gasteiger partial charge in [-0.15, -0.1) is 0 Å². The van der Waals surface area contributed by atoms with Crippen molar-refractivity contribution in [1.82, 2.24) is 19.1 Å². The molecule has 0 aliphatic carbocycles. The first-order valence-corrected chi connectivity index (χ1v) is 9.84. The standard InChI is InChI=1S/C20H16BrFN6O3/c1-27-17-16(18(30)25-20(27)31)28(10-11-2-5-14(22)6-3-11)19(24-17)26-23-9-12-8-13(21)4-7-15(12)29/h2-9,29H,10H2,1H3,(H,24,26)(H,25,30,31). The molecule has 11 heteroatoms. The number of halogens is 2. The third-order valence-electron chi connectivity index (χ3n) is 4.62. The lowest BCUT2D eigenvalue weighted by molar-refractivity contribution is 0.474. The van der Waals surface area contributed by atoms with Crippen molar-refractivity contribution in [3.63, 3.8) is 0 Å². The third-order valence-corrected chi connectivity index (χ3v) is 5.11. The molecule has 0 atom stereocenters. The van der Waals surface area contributed by atoms with Crippen molar-refractivity contribution in [2.45, 2.75) is 6.54 Å². The third kappa shape index (κ3) is 4.12. The van der Waals surface area contributed by atoms with Crippen LogP contribution in [0.1, 0.15) is 11.1 Å². The van der Waals surface area contributed by atoms with E-state index in [9.17, 15) is 19.1 Å². The number of aromatic nitrogens is 4. The molecule has 9 nitrogen and oxygen atoms in total. The number of hydrazone groups is 1. The van der Waals surface area contributed by atoms with E-state index < -0.39 is 11.2 Å². The van der Waals surface area contributed by atoms with Crippen LogP contribution in [0.15, 0.2) is 61.6 Å². The van der Waals surface area contributed by atoms with Gasteiger partial charge in [-0.2, -0.15) is 10.1 Å². The van der Waals surface area contributed by atoms with Crippen LogP contribution in [0.2, 0.25) is 0 Å². The quantitative estimate of drug-likeness (QED) is 0.296. The molecule has 0 radical (unpaired) electrons. The van der Waals surface area contributed by atoms with Gasteiger partial charge in [0.15, 0.2) is 11.2 Å². The number of imidazole rings is 1. The zero-order chi connectivity index (χ0) is 22.1. The Kier molecular flexibility index (Phi) is 5.42. The smallest absolute Gasteiger partial charge is 0.329 e. The maximum absolute atomic E-state index is 13.3. The molecule has 2 aromatic carbocycles. The van der Waals surface area contributed by atoms with Gasteiger partial charge in [0.1, 0.15) is 11.6 Å². The number of rotatable bonds is 5. The summed E-state index contributed by atoms with van der Waals surface area (Å²) in [4.78, 5) is 31.1. The number of hydrogen-bond acceptors (Lipinski definition) is 6. The van der Waals surface area contributed by atoms with Crippen molar-refractivity contribution in [1.29, 1.82) is 0 Å². The highest BCUT2D eigenvalue weighted by molar-refractivity contribution is 9.10. The lowest BCUT2D eigenvalue weighted by atomic mass is 10.2. The number of nitrogens with zero attached hydrogens (tertiary/aromatic N) is 4. The van der Waals surface area contributed by atoms with Crippen molar-refractivity contribution in [2.75, 3.05) is 5.43 Å². The lowest BCUT2D eigenvalue weighted by Crippen LogP contribution is -2.29. The van der Waals surface area contributed by atoms with E-state index >= 15 is 0 Å². The van der Waals surface area contributed by atoms with Crippen molar-refractivity contribution in [3.8, 4) is 5.75 Å². The zero-order valence-electron chi connectivity index (χ0n) is 16.1. The molecule has 0 amide bonds. The van der Waals surface area contributed by atoms with Crippen molar-refractivity contribution < 1.29 is 9.50 Å². The molecule has 0 unspecified atom stereocenters. The zero-order valence-corrected chi connectivity index (χ0v) is 17.7. The van der Waals surface area contributed by atoms with Crippen LogP contribution < -0.4 is 16.7 Å². The van der Waals surface area contributed by atoms with E-state index in [-0.39, 0.29) is 35.2 Å². The predicted octanol–water partition coefficient (Wildman–Crippen LogP) is 2.52. The first kappa shape index (κ1) is 20.5. The van der Waals surface area contributed by atoms with Crippen LogP contribution in [0.3, 0.4) is 0 Å². The summed E-state index contributed by atoms with van der Waals surface area (Å²) in [7, 11) is 1.49. The molecule has 2 heterocycles. The normalized spacial score (nSPS) is 11.5. The van der Waals surface area contributed by atoms with Crippen LogP contribution in [-0.4, -0.2) is 30.4 Å². The Morgan fingerprint density at radius 1 is 1.26 bits per heavy atom. The van der Waals surface area contributed by atoms with Crippen LogP contribution >= 0.6 is 15.9 Å². The number of aryl methyl sites for hydroxylation is 1. The van der Waals surface area contributed by atoms with Crippen LogP contribution in [0, 0.1) is 5.82 Å². The number of nitrogens with one attached hydrogen (secondary N) is 2. The van der Waals surface area contributed by atoms with Gasteiger partial charge in [0.25, 0.3) is 5.56 Å². The minimum Gasteiger partial charge on any atom is -0.507 e. The number of aromatic hydroxyl groups is 1. The largest absolute Gasteiger partial charge is 0.507 e.